The first-order chi connectivity index (χ1) is 9.29. The quantitative estimate of drug-likeness (QED) is 0.926. The van der Waals surface area contributed by atoms with E-state index in [1.807, 2.05) is 0 Å². The molecule has 0 aliphatic heterocycles. The van der Waals surface area contributed by atoms with E-state index in [9.17, 15) is 17.2 Å². The van der Waals surface area contributed by atoms with E-state index >= 15 is 0 Å². The Labute approximate surface area is 118 Å². The molecule has 3 nitrogen and oxygen atoms in total. The molecule has 0 spiro atoms. The summed E-state index contributed by atoms with van der Waals surface area (Å²) in [6.45, 7) is 0.788. The Morgan fingerprint density at radius 2 is 1.65 bits per heavy atom. The highest BCUT2D eigenvalue weighted by Gasteiger charge is 2.26. The van der Waals surface area contributed by atoms with Crippen molar-refractivity contribution in [2.45, 2.75) is 55.9 Å². The minimum Gasteiger partial charge on any atom is -0.208 e. The first-order valence-electron chi connectivity index (χ1n) is 6.80. The lowest BCUT2D eigenvalue weighted by Gasteiger charge is -2.22. The van der Waals surface area contributed by atoms with E-state index in [2.05, 4.69) is 4.72 Å². The Hall–Kier alpha value is -1.01. The van der Waals surface area contributed by atoms with Crippen LogP contribution in [0.4, 0.5) is 8.78 Å². The predicted octanol–water partition coefficient (Wildman–Crippen LogP) is 3.41. The van der Waals surface area contributed by atoms with Crippen LogP contribution in [-0.4, -0.2) is 14.5 Å². The number of alkyl halides is 2. The normalized spacial score (nSPS) is 18.1. The van der Waals surface area contributed by atoms with Crippen LogP contribution >= 0.6 is 0 Å². The van der Waals surface area contributed by atoms with Crippen LogP contribution in [0.3, 0.4) is 0 Å². The van der Waals surface area contributed by atoms with Crippen molar-refractivity contribution in [2.75, 3.05) is 0 Å². The maximum atomic E-state index is 13.1. The molecule has 1 fully saturated rings. The highest BCUT2D eigenvalue weighted by Crippen LogP contribution is 2.28. The zero-order chi connectivity index (χ0) is 14.8. The van der Waals surface area contributed by atoms with Gasteiger partial charge in [-0.15, -0.1) is 0 Å². The zero-order valence-electron chi connectivity index (χ0n) is 11.4. The molecule has 112 valence electrons. The molecule has 1 aromatic carbocycles. The molecule has 1 N–H and O–H groups in total. The Bertz CT molecular complexity index is 544. The Morgan fingerprint density at radius 1 is 1.10 bits per heavy atom. The highest BCUT2D eigenvalue weighted by atomic mass is 32.2. The van der Waals surface area contributed by atoms with Crippen LogP contribution in [0.5, 0.6) is 0 Å². The second kappa shape index (κ2) is 5.77. The zero-order valence-corrected chi connectivity index (χ0v) is 12.2. The molecule has 2 rings (SSSR count). The second-order valence-corrected chi connectivity index (χ2v) is 7.08. The van der Waals surface area contributed by atoms with Gasteiger partial charge in [-0.25, -0.2) is 21.9 Å². The maximum absolute atomic E-state index is 13.1. The van der Waals surface area contributed by atoms with E-state index in [1.165, 1.54) is 12.1 Å². The van der Waals surface area contributed by atoms with E-state index in [0.717, 1.165) is 51.2 Å². The summed E-state index contributed by atoms with van der Waals surface area (Å²) in [4.78, 5) is 0.0380. The van der Waals surface area contributed by atoms with Gasteiger partial charge in [-0.1, -0.05) is 31.4 Å². The number of sulfonamides is 1. The van der Waals surface area contributed by atoms with Gasteiger partial charge in [0.2, 0.25) is 10.0 Å². The maximum Gasteiger partial charge on any atom is 0.270 e. The monoisotopic (exact) mass is 303 g/mol. The summed E-state index contributed by atoms with van der Waals surface area (Å²) in [7, 11) is -3.62. The smallest absolute Gasteiger partial charge is 0.208 e. The van der Waals surface area contributed by atoms with Crippen LogP contribution in [0, 0.1) is 0 Å². The third-order valence-electron chi connectivity index (χ3n) is 3.60. The number of rotatable bonds is 4. The first kappa shape index (κ1) is 15.4. The van der Waals surface area contributed by atoms with Gasteiger partial charge in [-0.05, 0) is 25.0 Å². The predicted molar refractivity (Wildman–Crippen MR) is 73.2 cm³/mol. The Kier molecular flexibility index (Phi) is 4.44. The molecule has 0 unspecified atom stereocenters. The molecule has 0 radical (unpaired) electrons. The van der Waals surface area contributed by atoms with Gasteiger partial charge >= 0.3 is 0 Å². The van der Waals surface area contributed by atoms with Crippen LogP contribution in [0.1, 0.15) is 44.6 Å². The van der Waals surface area contributed by atoms with Crippen molar-refractivity contribution in [1.82, 2.24) is 4.72 Å². The highest BCUT2D eigenvalue weighted by molar-refractivity contribution is 7.89. The van der Waals surface area contributed by atoms with E-state index in [0.29, 0.717) is 0 Å². The molecule has 1 aliphatic rings. The van der Waals surface area contributed by atoms with Gasteiger partial charge in [-0.2, -0.15) is 0 Å². The lowest BCUT2D eigenvalue weighted by Crippen LogP contribution is -2.36. The van der Waals surface area contributed by atoms with Crippen LogP contribution in [-0.2, 0) is 15.9 Å². The average molecular weight is 303 g/mol. The molecule has 0 amide bonds. The number of benzene rings is 1. The van der Waals surface area contributed by atoms with E-state index < -0.39 is 15.9 Å². The van der Waals surface area contributed by atoms with Gasteiger partial charge in [0.05, 0.1) is 4.90 Å². The van der Waals surface area contributed by atoms with Crippen molar-refractivity contribution in [3.63, 3.8) is 0 Å². The van der Waals surface area contributed by atoms with E-state index in [4.69, 9.17) is 0 Å². The second-order valence-electron chi connectivity index (χ2n) is 5.37. The van der Waals surface area contributed by atoms with Gasteiger partial charge < -0.3 is 0 Å². The minimum absolute atomic E-state index is 0.0380. The summed E-state index contributed by atoms with van der Waals surface area (Å²) in [6.07, 6.45) is 4.86. The lowest BCUT2D eigenvalue weighted by molar-refractivity contribution is 0.0174. The molecule has 1 saturated carbocycles. The molecule has 0 atom stereocenters. The van der Waals surface area contributed by atoms with Gasteiger partial charge in [0.25, 0.3) is 5.92 Å². The van der Waals surface area contributed by atoms with Crippen LogP contribution in [0.25, 0.3) is 0 Å². The molecular formula is C14H19F2NO2S. The summed E-state index contributed by atoms with van der Waals surface area (Å²) in [6, 6.07) is 4.75. The van der Waals surface area contributed by atoms with Gasteiger partial charge in [-0.3, -0.25) is 0 Å². The average Bonchev–Trinajstić information content (AvgIpc) is 2.38. The summed E-state index contributed by atoms with van der Waals surface area (Å²) >= 11 is 0. The summed E-state index contributed by atoms with van der Waals surface area (Å²) in [5.74, 6) is -2.96. The lowest BCUT2D eigenvalue weighted by atomic mass is 9.96. The SMILES string of the molecule is CC(F)(F)c1ccc(S(=O)(=O)NC2CCCCC2)cc1. The number of hydrogen-bond acceptors (Lipinski definition) is 2. The van der Waals surface area contributed by atoms with Crippen molar-refractivity contribution in [3.8, 4) is 0 Å². The van der Waals surface area contributed by atoms with Crippen LogP contribution < -0.4 is 4.72 Å². The van der Waals surface area contributed by atoms with Crippen LogP contribution in [0.2, 0.25) is 0 Å². The molecule has 0 saturated heterocycles. The summed E-state index contributed by atoms with van der Waals surface area (Å²) in [5, 5.41) is 0. The fourth-order valence-electron chi connectivity index (χ4n) is 2.43. The van der Waals surface area contributed by atoms with Gasteiger partial charge in [0.1, 0.15) is 0 Å². The van der Waals surface area contributed by atoms with Crippen LogP contribution in [0.15, 0.2) is 29.2 Å². The van der Waals surface area contributed by atoms with E-state index in [1.54, 1.807) is 0 Å². The Balaban J connectivity index is 2.13. The van der Waals surface area contributed by atoms with Crippen molar-refractivity contribution >= 4 is 10.0 Å². The molecule has 0 heterocycles. The fourth-order valence-corrected chi connectivity index (χ4v) is 3.74. The van der Waals surface area contributed by atoms with Crippen molar-refractivity contribution in [1.29, 1.82) is 0 Å². The minimum atomic E-state index is -3.62. The first-order valence-corrected chi connectivity index (χ1v) is 8.28. The number of halogens is 2. The molecule has 1 aromatic rings. The largest absolute Gasteiger partial charge is 0.270 e. The number of nitrogens with one attached hydrogen (secondary N) is 1. The molecule has 1 aliphatic carbocycles. The molecule has 0 aromatic heterocycles. The fraction of sp³-hybridized carbons (Fsp3) is 0.571. The third kappa shape index (κ3) is 3.76. The van der Waals surface area contributed by atoms with Crippen molar-refractivity contribution < 1.29 is 17.2 Å². The van der Waals surface area contributed by atoms with Gasteiger partial charge in [0, 0.05) is 18.5 Å². The summed E-state index contributed by atoms with van der Waals surface area (Å²) in [5.41, 5.74) is -0.186. The molecular weight excluding hydrogens is 284 g/mol. The van der Waals surface area contributed by atoms with Crippen molar-refractivity contribution in [3.05, 3.63) is 29.8 Å². The molecule has 20 heavy (non-hydrogen) atoms. The molecule has 6 heteroatoms. The van der Waals surface area contributed by atoms with Crippen molar-refractivity contribution in [2.24, 2.45) is 0 Å². The third-order valence-corrected chi connectivity index (χ3v) is 5.13. The van der Waals surface area contributed by atoms with E-state index in [-0.39, 0.29) is 16.5 Å². The standard InChI is InChI=1S/C14H19F2NO2S/c1-14(15,16)11-7-9-13(10-8-11)20(18,19)17-12-5-3-2-4-6-12/h7-10,12,17H,2-6H2,1H3. The van der Waals surface area contributed by atoms with Gasteiger partial charge in [0.15, 0.2) is 0 Å². The number of hydrogen-bond donors (Lipinski definition) is 1. The Morgan fingerprint density at radius 3 is 2.15 bits per heavy atom. The summed E-state index contributed by atoms with van der Waals surface area (Å²) < 4.78 is 53.2. The molecule has 0 bridgehead atoms. The topological polar surface area (TPSA) is 46.2 Å².